The summed E-state index contributed by atoms with van der Waals surface area (Å²) >= 11 is 0. The van der Waals surface area contributed by atoms with E-state index in [1.807, 2.05) is 34.6 Å². The normalized spacial score (nSPS) is 15.6. The molecule has 1 rings (SSSR count). The van der Waals surface area contributed by atoms with E-state index in [4.69, 9.17) is 0 Å². The summed E-state index contributed by atoms with van der Waals surface area (Å²) in [5.74, 6) is 0.421. The van der Waals surface area contributed by atoms with Crippen LogP contribution in [0.4, 0.5) is 0 Å². The van der Waals surface area contributed by atoms with Gasteiger partial charge in [-0.1, -0.05) is 91.0 Å². The molecule has 32 heavy (non-hydrogen) atoms. The Morgan fingerprint density at radius 3 is 1.75 bits per heavy atom. The van der Waals surface area contributed by atoms with Crippen LogP contribution in [-0.2, 0) is 9.59 Å². The van der Waals surface area contributed by atoms with Crippen molar-refractivity contribution in [1.82, 2.24) is 0 Å². The SMILES string of the molecule is CCCCCC=CCC=CCCCCCCCC1=C(C(C)C)C(=O)C(C(C)C)=C(C)C1=O. The van der Waals surface area contributed by atoms with Gasteiger partial charge in [-0.25, -0.2) is 0 Å². The van der Waals surface area contributed by atoms with Crippen LogP contribution in [0.2, 0.25) is 0 Å². The summed E-state index contributed by atoms with van der Waals surface area (Å²) in [6.45, 7) is 12.2. The van der Waals surface area contributed by atoms with Crippen molar-refractivity contribution in [3.05, 3.63) is 46.6 Å². The summed E-state index contributed by atoms with van der Waals surface area (Å²) in [6, 6.07) is 0. The molecule has 0 aromatic rings. The van der Waals surface area contributed by atoms with Gasteiger partial charge in [-0.3, -0.25) is 9.59 Å². The molecule has 0 saturated carbocycles. The van der Waals surface area contributed by atoms with Gasteiger partial charge in [-0.2, -0.15) is 0 Å². The number of hydrogen-bond donors (Lipinski definition) is 0. The highest BCUT2D eigenvalue weighted by atomic mass is 16.1. The van der Waals surface area contributed by atoms with Crippen LogP contribution in [0, 0.1) is 11.8 Å². The fourth-order valence-corrected chi connectivity index (χ4v) is 4.59. The summed E-state index contributed by atoms with van der Waals surface area (Å²) in [5, 5.41) is 0. The van der Waals surface area contributed by atoms with Crippen molar-refractivity contribution in [1.29, 1.82) is 0 Å². The largest absolute Gasteiger partial charge is 0.289 e. The molecule has 0 fully saturated rings. The molecule has 0 spiro atoms. The molecule has 0 heterocycles. The lowest BCUT2D eigenvalue weighted by Crippen LogP contribution is -2.27. The van der Waals surface area contributed by atoms with Gasteiger partial charge in [0.25, 0.3) is 0 Å². The Morgan fingerprint density at radius 2 is 1.19 bits per heavy atom. The first-order valence-corrected chi connectivity index (χ1v) is 13.2. The number of carbonyl (C=O) groups excluding carboxylic acids is 2. The Morgan fingerprint density at radius 1 is 0.656 bits per heavy atom. The standard InChI is InChI=1S/C30H48O2/c1-7-8-9-10-11-12-13-14-15-16-17-18-19-20-21-22-26-28(24(4)5)30(32)27(23(2)3)25(6)29(26)31/h11-12,14-15,23-24H,7-10,13,16-22H2,1-6H3. The van der Waals surface area contributed by atoms with Crippen molar-refractivity contribution in [3.63, 3.8) is 0 Å². The third kappa shape index (κ3) is 9.43. The average molecular weight is 441 g/mol. The van der Waals surface area contributed by atoms with E-state index in [1.165, 1.54) is 44.9 Å². The second-order valence-corrected chi connectivity index (χ2v) is 9.88. The Balaban J connectivity index is 2.33. The summed E-state index contributed by atoms with van der Waals surface area (Å²) < 4.78 is 0. The van der Waals surface area contributed by atoms with Crippen molar-refractivity contribution in [2.45, 2.75) is 119 Å². The molecule has 0 aromatic heterocycles. The number of rotatable bonds is 16. The van der Waals surface area contributed by atoms with Gasteiger partial charge in [0.15, 0.2) is 11.6 Å². The highest BCUT2D eigenvalue weighted by Gasteiger charge is 2.34. The number of allylic oxidation sites excluding steroid dienone is 8. The summed E-state index contributed by atoms with van der Waals surface area (Å²) in [6.07, 6.45) is 23.1. The fourth-order valence-electron chi connectivity index (χ4n) is 4.59. The van der Waals surface area contributed by atoms with E-state index in [0.717, 1.165) is 48.8 Å². The summed E-state index contributed by atoms with van der Waals surface area (Å²) in [4.78, 5) is 26.1. The maximum Gasteiger partial charge on any atom is 0.186 e. The minimum absolute atomic E-state index is 0.0950. The van der Waals surface area contributed by atoms with Gasteiger partial charge in [0.05, 0.1) is 0 Å². The number of carbonyl (C=O) groups is 2. The van der Waals surface area contributed by atoms with Crippen LogP contribution < -0.4 is 0 Å². The second kappa shape index (κ2) is 16.0. The van der Waals surface area contributed by atoms with E-state index in [9.17, 15) is 9.59 Å². The third-order valence-corrected chi connectivity index (χ3v) is 6.37. The van der Waals surface area contributed by atoms with Crippen LogP contribution in [0.3, 0.4) is 0 Å². The molecular weight excluding hydrogens is 392 g/mol. The molecule has 0 N–H and O–H groups in total. The predicted octanol–water partition coefficient (Wildman–Crippen LogP) is 8.88. The van der Waals surface area contributed by atoms with Crippen molar-refractivity contribution >= 4 is 11.6 Å². The first-order chi connectivity index (χ1) is 15.3. The molecule has 2 heteroatoms. The van der Waals surface area contributed by atoms with E-state index in [2.05, 4.69) is 31.2 Å². The molecule has 1 aliphatic rings. The smallest absolute Gasteiger partial charge is 0.186 e. The number of hydrogen-bond acceptors (Lipinski definition) is 2. The van der Waals surface area contributed by atoms with Crippen LogP contribution in [0.5, 0.6) is 0 Å². The quantitative estimate of drug-likeness (QED) is 0.136. The molecule has 0 radical (unpaired) electrons. The maximum absolute atomic E-state index is 13.1. The minimum Gasteiger partial charge on any atom is -0.289 e. The van der Waals surface area contributed by atoms with Gasteiger partial charge in [0, 0.05) is 22.3 Å². The predicted molar refractivity (Wildman–Crippen MR) is 139 cm³/mol. The van der Waals surface area contributed by atoms with Crippen molar-refractivity contribution < 1.29 is 9.59 Å². The van der Waals surface area contributed by atoms with Crippen LogP contribution in [0.1, 0.15) is 119 Å². The summed E-state index contributed by atoms with van der Waals surface area (Å²) in [7, 11) is 0. The van der Waals surface area contributed by atoms with E-state index >= 15 is 0 Å². The van der Waals surface area contributed by atoms with Crippen molar-refractivity contribution in [2.24, 2.45) is 11.8 Å². The average Bonchev–Trinajstić information content (AvgIpc) is 2.73. The van der Waals surface area contributed by atoms with E-state index in [-0.39, 0.29) is 23.4 Å². The zero-order valence-corrected chi connectivity index (χ0v) is 21.8. The van der Waals surface area contributed by atoms with E-state index in [1.54, 1.807) is 0 Å². The molecule has 0 amide bonds. The maximum atomic E-state index is 13.1. The first-order valence-electron chi connectivity index (χ1n) is 13.2. The van der Waals surface area contributed by atoms with Crippen LogP contribution in [0.15, 0.2) is 46.6 Å². The third-order valence-electron chi connectivity index (χ3n) is 6.37. The first kappa shape index (κ1) is 28.3. The highest BCUT2D eigenvalue weighted by molar-refractivity contribution is 6.25. The molecule has 0 atom stereocenters. The lowest BCUT2D eigenvalue weighted by molar-refractivity contribution is -0.117. The Labute approximate surface area is 198 Å². The Kier molecular flexibility index (Phi) is 14.2. The number of unbranched alkanes of at least 4 members (excludes halogenated alkanes) is 8. The van der Waals surface area contributed by atoms with Gasteiger partial charge in [-0.05, 0) is 63.7 Å². The fraction of sp³-hybridized carbons (Fsp3) is 0.667. The van der Waals surface area contributed by atoms with Gasteiger partial charge < -0.3 is 0 Å². The molecule has 0 aromatic carbocycles. The molecule has 2 nitrogen and oxygen atoms in total. The van der Waals surface area contributed by atoms with Gasteiger partial charge >= 0.3 is 0 Å². The van der Waals surface area contributed by atoms with Gasteiger partial charge in [0.1, 0.15) is 0 Å². The van der Waals surface area contributed by atoms with Gasteiger partial charge in [-0.15, -0.1) is 0 Å². The highest BCUT2D eigenvalue weighted by Crippen LogP contribution is 2.34. The lowest BCUT2D eigenvalue weighted by Gasteiger charge is -2.26. The van der Waals surface area contributed by atoms with Crippen LogP contribution >= 0.6 is 0 Å². The Bertz CT molecular complexity index is 713. The topological polar surface area (TPSA) is 34.1 Å². The zero-order valence-electron chi connectivity index (χ0n) is 21.8. The molecule has 0 unspecified atom stereocenters. The van der Waals surface area contributed by atoms with Crippen molar-refractivity contribution in [3.8, 4) is 0 Å². The monoisotopic (exact) mass is 440 g/mol. The second-order valence-electron chi connectivity index (χ2n) is 9.88. The minimum atomic E-state index is 0.0950. The molecule has 1 aliphatic carbocycles. The van der Waals surface area contributed by atoms with Crippen molar-refractivity contribution in [2.75, 3.05) is 0 Å². The molecular formula is C30H48O2. The van der Waals surface area contributed by atoms with Gasteiger partial charge in [0.2, 0.25) is 0 Å². The van der Waals surface area contributed by atoms with Crippen LogP contribution in [-0.4, -0.2) is 11.6 Å². The molecule has 0 aliphatic heterocycles. The lowest BCUT2D eigenvalue weighted by atomic mass is 9.75. The molecule has 0 bridgehead atoms. The Hall–Kier alpha value is -1.70. The summed E-state index contributed by atoms with van der Waals surface area (Å²) in [5.41, 5.74) is 2.96. The van der Waals surface area contributed by atoms with E-state index < -0.39 is 0 Å². The van der Waals surface area contributed by atoms with Crippen LogP contribution in [0.25, 0.3) is 0 Å². The zero-order chi connectivity index (χ0) is 23.9. The number of Topliss-reactive ketones (excluding diaryl/α,β-unsaturated/α-hetero) is 2. The van der Waals surface area contributed by atoms with E-state index in [0.29, 0.717) is 5.57 Å². The number of ketones is 2. The molecule has 180 valence electrons. The molecule has 0 saturated heterocycles.